The Morgan fingerprint density at radius 3 is 2.46 bits per heavy atom. The molecule has 0 saturated carbocycles. The van der Waals surface area contributed by atoms with Crippen molar-refractivity contribution in [1.29, 1.82) is 5.26 Å². The van der Waals surface area contributed by atoms with Crippen LogP contribution in [0, 0.1) is 11.3 Å². The Morgan fingerprint density at radius 2 is 1.74 bits per heavy atom. The molecule has 0 spiro atoms. The molecule has 0 unspecified atom stereocenters. The summed E-state index contributed by atoms with van der Waals surface area (Å²) in [6.07, 6.45) is 0. The molecule has 1 aliphatic rings. The predicted molar refractivity (Wildman–Crippen MR) is 132 cm³/mol. The standard InChI is InChI=1S/C25H23N3O5S2/c1-32-22-11-10-19(35(30,31)28-12-14-33-15-13-28)16-21(22)27-25(29)20-7-3-5-9-24(20)34-23-8-4-2-6-18(23)17-26/h2-11,16H,12-15H2,1H3,(H,27,29). The van der Waals surface area contributed by atoms with Crippen LogP contribution in [-0.2, 0) is 14.8 Å². The van der Waals surface area contributed by atoms with Crippen LogP contribution >= 0.6 is 11.8 Å². The Kier molecular flexibility index (Phi) is 7.73. The molecule has 0 radical (unpaired) electrons. The van der Waals surface area contributed by atoms with E-state index in [1.165, 1.54) is 41.4 Å². The number of nitriles is 1. The van der Waals surface area contributed by atoms with Gasteiger partial charge in [-0.25, -0.2) is 8.42 Å². The zero-order chi connectivity index (χ0) is 24.8. The zero-order valence-corrected chi connectivity index (χ0v) is 20.6. The van der Waals surface area contributed by atoms with Crippen LogP contribution in [0.15, 0.2) is 81.4 Å². The number of anilines is 1. The minimum absolute atomic E-state index is 0.0566. The summed E-state index contributed by atoms with van der Waals surface area (Å²) < 4.78 is 38.2. The van der Waals surface area contributed by atoms with Gasteiger partial charge >= 0.3 is 0 Å². The molecule has 1 heterocycles. The molecule has 8 nitrogen and oxygen atoms in total. The van der Waals surface area contributed by atoms with Crippen LogP contribution in [0.1, 0.15) is 15.9 Å². The summed E-state index contributed by atoms with van der Waals surface area (Å²) in [5.41, 5.74) is 1.13. The van der Waals surface area contributed by atoms with Gasteiger partial charge in [-0.1, -0.05) is 36.0 Å². The van der Waals surface area contributed by atoms with Crippen LogP contribution in [0.5, 0.6) is 5.75 Å². The number of carbonyl (C=O) groups is 1. The van der Waals surface area contributed by atoms with Crippen molar-refractivity contribution in [1.82, 2.24) is 4.31 Å². The van der Waals surface area contributed by atoms with E-state index < -0.39 is 15.9 Å². The molecule has 10 heteroatoms. The first-order chi connectivity index (χ1) is 16.9. The summed E-state index contributed by atoms with van der Waals surface area (Å²) >= 11 is 1.31. The Morgan fingerprint density at radius 1 is 1.06 bits per heavy atom. The monoisotopic (exact) mass is 509 g/mol. The van der Waals surface area contributed by atoms with E-state index in [0.717, 1.165) is 4.90 Å². The minimum atomic E-state index is -3.75. The fourth-order valence-electron chi connectivity index (χ4n) is 3.58. The van der Waals surface area contributed by atoms with Crippen LogP contribution in [0.25, 0.3) is 0 Å². The topological polar surface area (TPSA) is 109 Å². The lowest BCUT2D eigenvalue weighted by molar-refractivity contribution is 0.0730. The van der Waals surface area contributed by atoms with Crippen LogP contribution in [0.3, 0.4) is 0 Å². The lowest BCUT2D eigenvalue weighted by Gasteiger charge is -2.26. The highest BCUT2D eigenvalue weighted by Crippen LogP contribution is 2.34. The highest BCUT2D eigenvalue weighted by Gasteiger charge is 2.27. The molecule has 4 rings (SSSR count). The lowest BCUT2D eigenvalue weighted by Crippen LogP contribution is -2.40. The number of methoxy groups -OCH3 is 1. The van der Waals surface area contributed by atoms with Gasteiger partial charge in [0, 0.05) is 22.9 Å². The lowest BCUT2D eigenvalue weighted by atomic mass is 10.2. The molecule has 1 fully saturated rings. The number of benzene rings is 3. The summed E-state index contributed by atoms with van der Waals surface area (Å²) in [7, 11) is -2.31. The van der Waals surface area contributed by atoms with Crippen LogP contribution < -0.4 is 10.1 Å². The number of hydrogen-bond donors (Lipinski definition) is 1. The van der Waals surface area contributed by atoms with Gasteiger partial charge in [-0.15, -0.1) is 0 Å². The fraction of sp³-hybridized carbons (Fsp3) is 0.200. The molecule has 180 valence electrons. The van der Waals surface area contributed by atoms with Gasteiger partial charge in [0.1, 0.15) is 11.8 Å². The third-order valence-electron chi connectivity index (χ3n) is 5.39. The minimum Gasteiger partial charge on any atom is -0.495 e. The average Bonchev–Trinajstić information content (AvgIpc) is 2.89. The highest BCUT2D eigenvalue weighted by molar-refractivity contribution is 7.99. The summed E-state index contributed by atoms with van der Waals surface area (Å²) in [6, 6.07) is 20.7. The van der Waals surface area contributed by atoms with Gasteiger partial charge in [0.25, 0.3) is 5.91 Å². The third kappa shape index (κ3) is 5.49. The van der Waals surface area contributed by atoms with Crippen LogP contribution in [0.4, 0.5) is 5.69 Å². The molecule has 0 bridgehead atoms. The van der Waals surface area contributed by atoms with Gasteiger partial charge in [0.05, 0.1) is 42.0 Å². The van der Waals surface area contributed by atoms with Gasteiger partial charge in [-0.05, 0) is 42.5 Å². The smallest absolute Gasteiger partial charge is 0.256 e. The second-order valence-electron chi connectivity index (χ2n) is 7.54. The van der Waals surface area contributed by atoms with E-state index in [1.54, 1.807) is 30.3 Å². The SMILES string of the molecule is COc1ccc(S(=O)(=O)N2CCOCC2)cc1NC(=O)c1ccccc1Sc1ccccc1C#N. The summed E-state index contributed by atoms with van der Waals surface area (Å²) in [5.74, 6) is -0.0963. The molecule has 0 atom stereocenters. The van der Waals surface area contributed by atoms with Crippen molar-refractivity contribution in [3.05, 3.63) is 77.9 Å². The number of nitrogens with zero attached hydrogens (tertiary/aromatic N) is 2. The van der Waals surface area contributed by atoms with Crippen molar-refractivity contribution in [2.45, 2.75) is 14.7 Å². The molecule has 1 aliphatic heterocycles. The summed E-state index contributed by atoms with van der Waals surface area (Å²) in [6.45, 7) is 1.21. The first-order valence-corrected chi connectivity index (χ1v) is 13.0. The molecule has 35 heavy (non-hydrogen) atoms. The van der Waals surface area contributed by atoms with E-state index in [2.05, 4.69) is 11.4 Å². The average molecular weight is 510 g/mol. The Labute approximate surface area is 208 Å². The van der Waals surface area contributed by atoms with Gasteiger partial charge in [0.2, 0.25) is 10.0 Å². The van der Waals surface area contributed by atoms with Crippen LogP contribution in [-0.4, -0.2) is 52.0 Å². The maximum atomic E-state index is 13.3. The molecule has 1 amide bonds. The summed E-state index contributed by atoms with van der Waals surface area (Å²) in [4.78, 5) is 14.7. The van der Waals surface area contributed by atoms with Crippen LogP contribution in [0.2, 0.25) is 0 Å². The number of ether oxygens (including phenoxy) is 2. The molecule has 3 aromatic rings. The maximum Gasteiger partial charge on any atom is 0.256 e. The Bertz CT molecular complexity index is 1380. The highest BCUT2D eigenvalue weighted by atomic mass is 32.2. The van der Waals surface area contributed by atoms with E-state index in [0.29, 0.717) is 35.0 Å². The van der Waals surface area contributed by atoms with E-state index in [-0.39, 0.29) is 23.7 Å². The molecule has 1 saturated heterocycles. The number of rotatable bonds is 7. The Hall–Kier alpha value is -3.36. The van der Waals surface area contributed by atoms with Gasteiger partial charge in [0.15, 0.2) is 0 Å². The van der Waals surface area contributed by atoms with Gasteiger partial charge in [-0.2, -0.15) is 9.57 Å². The second kappa shape index (κ2) is 10.9. The van der Waals surface area contributed by atoms with Crippen molar-refractivity contribution in [2.75, 3.05) is 38.7 Å². The van der Waals surface area contributed by atoms with Crippen molar-refractivity contribution in [3.8, 4) is 11.8 Å². The number of nitrogens with one attached hydrogen (secondary N) is 1. The van der Waals surface area contributed by atoms with Gasteiger partial charge in [-0.3, -0.25) is 4.79 Å². The normalized spacial score (nSPS) is 14.2. The first kappa shape index (κ1) is 24.8. The Balaban J connectivity index is 1.63. The molecule has 3 aromatic carbocycles. The number of hydrogen-bond acceptors (Lipinski definition) is 7. The molecule has 0 aromatic heterocycles. The fourth-order valence-corrected chi connectivity index (χ4v) is 6.04. The maximum absolute atomic E-state index is 13.3. The zero-order valence-electron chi connectivity index (χ0n) is 18.9. The molecule has 1 N–H and O–H groups in total. The van der Waals surface area contributed by atoms with E-state index in [1.807, 2.05) is 18.2 Å². The van der Waals surface area contributed by atoms with Crippen molar-refractivity contribution >= 4 is 33.4 Å². The number of carbonyl (C=O) groups excluding carboxylic acids is 1. The quantitative estimate of drug-likeness (QED) is 0.513. The van der Waals surface area contributed by atoms with Crippen molar-refractivity contribution < 1.29 is 22.7 Å². The number of morpholine rings is 1. The van der Waals surface area contributed by atoms with Gasteiger partial charge < -0.3 is 14.8 Å². The van der Waals surface area contributed by atoms with E-state index in [9.17, 15) is 18.5 Å². The third-order valence-corrected chi connectivity index (χ3v) is 8.43. The largest absolute Gasteiger partial charge is 0.495 e. The molecular weight excluding hydrogens is 486 g/mol. The van der Waals surface area contributed by atoms with E-state index >= 15 is 0 Å². The first-order valence-electron chi connectivity index (χ1n) is 10.8. The van der Waals surface area contributed by atoms with E-state index in [4.69, 9.17) is 9.47 Å². The van der Waals surface area contributed by atoms with Crippen molar-refractivity contribution in [2.24, 2.45) is 0 Å². The van der Waals surface area contributed by atoms with Crippen molar-refractivity contribution in [3.63, 3.8) is 0 Å². The number of amides is 1. The molecular formula is C25H23N3O5S2. The predicted octanol–water partition coefficient (Wildman–Crippen LogP) is 3.99. The number of sulfonamides is 1. The summed E-state index contributed by atoms with van der Waals surface area (Å²) in [5, 5.41) is 12.2. The second-order valence-corrected chi connectivity index (χ2v) is 10.6. The molecule has 0 aliphatic carbocycles.